The summed E-state index contributed by atoms with van der Waals surface area (Å²) >= 11 is 0. The number of hydrogen-bond donors (Lipinski definition) is 0. The van der Waals surface area contributed by atoms with Crippen molar-refractivity contribution in [3.05, 3.63) is 64.1 Å². The van der Waals surface area contributed by atoms with Crippen LogP contribution in [0.5, 0.6) is 0 Å². The van der Waals surface area contributed by atoms with Gasteiger partial charge in [-0.3, -0.25) is 14.2 Å². The summed E-state index contributed by atoms with van der Waals surface area (Å²) in [7, 11) is 0. The van der Waals surface area contributed by atoms with Gasteiger partial charge in [-0.2, -0.15) is 0 Å². The highest BCUT2D eigenvalue weighted by atomic mass is 19.1. The molecule has 5 heteroatoms. The normalized spacial score (nSPS) is 10.3. The maximum absolute atomic E-state index is 13.0. The van der Waals surface area contributed by atoms with Crippen molar-refractivity contribution in [2.75, 3.05) is 0 Å². The Labute approximate surface area is 103 Å². The lowest BCUT2D eigenvalue weighted by Gasteiger charge is -2.04. The molecule has 0 bridgehead atoms. The van der Waals surface area contributed by atoms with Crippen molar-refractivity contribution in [2.45, 2.75) is 13.5 Å². The Kier molecular flexibility index (Phi) is 3.32. The third-order valence-electron chi connectivity index (χ3n) is 2.48. The molecule has 92 valence electrons. The van der Waals surface area contributed by atoms with Gasteiger partial charge in [-0.25, -0.2) is 9.37 Å². The second kappa shape index (κ2) is 4.91. The topological polar surface area (TPSA) is 52.0 Å². The third-order valence-corrected chi connectivity index (χ3v) is 2.48. The molecule has 18 heavy (non-hydrogen) atoms. The zero-order valence-corrected chi connectivity index (χ0v) is 9.76. The van der Waals surface area contributed by atoms with E-state index in [0.29, 0.717) is 5.69 Å². The minimum absolute atomic E-state index is 0.143. The molecule has 1 aromatic heterocycles. The summed E-state index contributed by atoms with van der Waals surface area (Å²) in [5.41, 5.74) is 0.532. The van der Waals surface area contributed by atoms with Gasteiger partial charge in [-0.15, -0.1) is 0 Å². The molecule has 2 aromatic rings. The van der Waals surface area contributed by atoms with Gasteiger partial charge in [0.1, 0.15) is 5.82 Å². The van der Waals surface area contributed by atoms with Gasteiger partial charge in [-0.05, 0) is 19.1 Å². The molecule has 0 saturated heterocycles. The first-order chi connectivity index (χ1) is 8.56. The summed E-state index contributed by atoms with van der Waals surface area (Å²) in [6.07, 6.45) is 1.31. The second-order valence-corrected chi connectivity index (χ2v) is 3.93. The average Bonchev–Trinajstić information content (AvgIpc) is 2.32. The van der Waals surface area contributed by atoms with E-state index in [0.717, 1.165) is 6.07 Å². The van der Waals surface area contributed by atoms with Crippen molar-refractivity contribution in [3.63, 3.8) is 0 Å². The van der Waals surface area contributed by atoms with Crippen LogP contribution in [0.1, 0.15) is 16.1 Å². The van der Waals surface area contributed by atoms with E-state index in [1.165, 1.54) is 35.2 Å². The summed E-state index contributed by atoms with van der Waals surface area (Å²) < 4.78 is 14.2. The Morgan fingerprint density at radius 1 is 1.39 bits per heavy atom. The maximum atomic E-state index is 13.0. The number of carbonyl (C=O) groups excluding carboxylic acids is 1. The van der Waals surface area contributed by atoms with Crippen LogP contribution in [0.3, 0.4) is 0 Å². The molecule has 4 nitrogen and oxygen atoms in total. The molecule has 1 heterocycles. The Balaban J connectivity index is 2.24. The van der Waals surface area contributed by atoms with Gasteiger partial charge < -0.3 is 0 Å². The Hall–Kier alpha value is -2.30. The number of Topliss-reactive ketones (excluding diaryl/α,β-unsaturated/α-hetero) is 1. The highest BCUT2D eigenvalue weighted by Crippen LogP contribution is 2.05. The molecule has 1 aromatic carbocycles. The quantitative estimate of drug-likeness (QED) is 0.772. The standard InChI is InChI=1S/C13H11FN2O2/c1-9-5-13(18)16(8-15-9)7-12(17)10-3-2-4-11(14)6-10/h2-6,8H,7H2,1H3. The van der Waals surface area contributed by atoms with E-state index in [4.69, 9.17) is 0 Å². The Morgan fingerprint density at radius 2 is 2.17 bits per heavy atom. The van der Waals surface area contributed by atoms with E-state index >= 15 is 0 Å². The predicted molar refractivity (Wildman–Crippen MR) is 64.0 cm³/mol. The number of aryl methyl sites for hydroxylation is 1. The summed E-state index contributed by atoms with van der Waals surface area (Å²) in [5.74, 6) is -0.808. The predicted octanol–water partition coefficient (Wildman–Crippen LogP) is 1.57. The van der Waals surface area contributed by atoms with Gasteiger partial charge in [0, 0.05) is 17.3 Å². The molecule has 0 aliphatic carbocycles. The van der Waals surface area contributed by atoms with Crippen LogP contribution in [-0.4, -0.2) is 15.3 Å². The summed E-state index contributed by atoms with van der Waals surface area (Å²) in [5, 5.41) is 0. The molecule has 2 rings (SSSR count). The number of ketones is 1. The van der Waals surface area contributed by atoms with Crippen LogP contribution < -0.4 is 5.56 Å². The van der Waals surface area contributed by atoms with Crippen LogP contribution in [0, 0.1) is 12.7 Å². The minimum atomic E-state index is -0.477. The molecule has 0 atom stereocenters. The summed E-state index contributed by atoms with van der Waals surface area (Å²) in [4.78, 5) is 27.4. The van der Waals surface area contributed by atoms with Crippen molar-refractivity contribution in [1.82, 2.24) is 9.55 Å². The maximum Gasteiger partial charge on any atom is 0.253 e. The smallest absolute Gasteiger partial charge is 0.253 e. The van der Waals surface area contributed by atoms with Gasteiger partial charge in [0.25, 0.3) is 5.56 Å². The number of hydrogen-bond acceptors (Lipinski definition) is 3. The van der Waals surface area contributed by atoms with E-state index in [1.807, 2.05) is 0 Å². The molecule has 0 saturated carbocycles. The third kappa shape index (κ3) is 2.68. The molecule has 0 radical (unpaired) electrons. The minimum Gasteiger partial charge on any atom is -0.292 e. The van der Waals surface area contributed by atoms with Crippen LogP contribution in [0.15, 0.2) is 41.5 Å². The highest BCUT2D eigenvalue weighted by molar-refractivity contribution is 5.95. The molecule has 0 unspecified atom stereocenters. The fourth-order valence-electron chi connectivity index (χ4n) is 1.54. The van der Waals surface area contributed by atoms with Gasteiger partial charge in [0.2, 0.25) is 0 Å². The number of halogens is 1. The molecule has 0 aliphatic heterocycles. The van der Waals surface area contributed by atoms with Crippen molar-refractivity contribution in [2.24, 2.45) is 0 Å². The van der Waals surface area contributed by atoms with Gasteiger partial charge in [-0.1, -0.05) is 12.1 Å². The average molecular weight is 246 g/mol. The van der Waals surface area contributed by atoms with Crippen LogP contribution in [0.25, 0.3) is 0 Å². The fourth-order valence-corrected chi connectivity index (χ4v) is 1.54. The molecule has 0 fully saturated rings. The second-order valence-electron chi connectivity index (χ2n) is 3.93. The lowest BCUT2D eigenvalue weighted by Crippen LogP contribution is -2.24. The zero-order chi connectivity index (χ0) is 13.1. The molecule has 0 N–H and O–H groups in total. The zero-order valence-electron chi connectivity index (χ0n) is 9.76. The van der Waals surface area contributed by atoms with Crippen LogP contribution >= 0.6 is 0 Å². The van der Waals surface area contributed by atoms with Crippen molar-refractivity contribution < 1.29 is 9.18 Å². The SMILES string of the molecule is Cc1cc(=O)n(CC(=O)c2cccc(F)c2)cn1. The number of rotatable bonds is 3. The van der Waals surface area contributed by atoms with Crippen molar-refractivity contribution >= 4 is 5.78 Å². The molecule has 0 spiro atoms. The first kappa shape index (κ1) is 12.2. The first-order valence-corrected chi connectivity index (χ1v) is 5.38. The first-order valence-electron chi connectivity index (χ1n) is 5.38. The van der Waals surface area contributed by atoms with Crippen LogP contribution in [-0.2, 0) is 6.54 Å². The molecule has 0 amide bonds. The number of carbonyl (C=O) groups is 1. The highest BCUT2D eigenvalue weighted by Gasteiger charge is 2.08. The monoisotopic (exact) mass is 246 g/mol. The van der Waals surface area contributed by atoms with E-state index in [-0.39, 0.29) is 23.5 Å². The largest absolute Gasteiger partial charge is 0.292 e. The Morgan fingerprint density at radius 3 is 2.83 bits per heavy atom. The van der Waals surface area contributed by atoms with Crippen molar-refractivity contribution in [3.8, 4) is 0 Å². The fraction of sp³-hybridized carbons (Fsp3) is 0.154. The lowest BCUT2D eigenvalue weighted by molar-refractivity contribution is 0.0970. The lowest BCUT2D eigenvalue weighted by atomic mass is 10.1. The Bertz CT molecular complexity index is 649. The molecular weight excluding hydrogens is 235 g/mol. The molecular formula is C13H11FN2O2. The van der Waals surface area contributed by atoms with E-state index in [1.54, 1.807) is 6.92 Å². The van der Waals surface area contributed by atoms with Crippen molar-refractivity contribution in [1.29, 1.82) is 0 Å². The van der Waals surface area contributed by atoms with E-state index < -0.39 is 5.82 Å². The number of aromatic nitrogens is 2. The summed E-state index contributed by atoms with van der Waals surface area (Å²) in [6.45, 7) is 1.55. The van der Waals surface area contributed by atoms with Gasteiger partial charge in [0.05, 0.1) is 12.9 Å². The number of nitrogens with zero attached hydrogens (tertiary/aromatic N) is 2. The van der Waals surface area contributed by atoms with Gasteiger partial charge in [0.15, 0.2) is 5.78 Å². The molecule has 0 aliphatic rings. The van der Waals surface area contributed by atoms with Crippen LogP contribution in [0.2, 0.25) is 0 Å². The number of benzene rings is 1. The van der Waals surface area contributed by atoms with E-state index in [2.05, 4.69) is 4.98 Å². The summed E-state index contributed by atoms with van der Waals surface area (Å²) in [6, 6.07) is 6.72. The van der Waals surface area contributed by atoms with Gasteiger partial charge >= 0.3 is 0 Å². The van der Waals surface area contributed by atoms with E-state index in [9.17, 15) is 14.0 Å². The van der Waals surface area contributed by atoms with Crippen LogP contribution in [0.4, 0.5) is 4.39 Å².